The molecule has 1 aromatic heterocycles. The lowest BCUT2D eigenvalue weighted by molar-refractivity contribution is 0.432. The fraction of sp³-hybridized carbons (Fsp3) is 0. The number of hydrogen-bond donors (Lipinski definition) is 1. The molecule has 5 heteroatoms. The molecular weight excluding hydrogens is 173 g/mol. The molecule has 0 saturated carbocycles. The summed E-state index contributed by atoms with van der Waals surface area (Å²) in [6, 6.07) is 4.06. The molecule has 0 atom stereocenters. The van der Waals surface area contributed by atoms with E-state index in [-0.39, 0.29) is 5.75 Å². The van der Waals surface area contributed by atoms with Gasteiger partial charge in [-0.2, -0.15) is 0 Å². The van der Waals surface area contributed by atoms with Crippen LogP contribution in [0.25, 0.3) is 5.69 Å². The lowest BCUT2D eigenvalue weighted by Crippen LogP contribution is -1.90. The topological polar surface area (TPSA) is 50.9 Å². The van der Waals surface area contributed by atoms with E-state index in [4.69, 9.17) is 5.11 Å². The molecule has 2 aromatic rings. The molecule has 0 radical (unpaired) electrons. The Morgan fingerprint density at radius 3 is 2.54 bits per heavy atom. The van der Waals surface area contributed by atoms with Crippen molar-refractivity contribution in [1.29, 1.82) is 0 Å². The summed E-state index contributed by atoms with van der Waals surface area (Å²) >= 11 is 0. The minimum atomic E-state index is -0.661. The molecule has 4 nitrogen and oxygen atoms in total. The first-order valence-electron chi connectivity index (χ1n) is 3.61. The molecule has 0 saturated heterocycles. The third kappa shape index (κ3) is 1.35. The van der Waals surface area contributed by atoms with Gasteiger partial charge in [-0.05, 0) is 12.1 Å². The van der Waals surface area contributed by atoms with Gasteiger partial charge in [-0.3, -0.25) is 4.57 Å². The minimum Gasteiger partial charge on any atom is -0.505 e. The Labute approximate surface area is 73.3 Å². The molecule has 13 heavy (non-hydrogen) atoms. The molecule has 0 unspecified atom stereocenters. The summed E-state index contributed by atoms with van der Waals surface area (Å²) in [7, 11) is 0. The van der Waals surface area contributed by atoms with E-state index in [9.17, 15) is 4.39 Å². The van der Waals surface area contributed by atoms with E-state index < -0.39 is 5.82 Å². The summed E-state index contributed by atoms with van der Waals surface area (Å²) in [5.74, 6) is -1.02. The summed E-state index contributed by atoms with van der Waals surface area (Å²) in [6.45, 7) is 0. The van der Waals surface area contributed by atoms with Crippen molar-refractivity contribution in [3.63, 3.8) is 0 Å². The van der Waals surface area contributed by atoms with Crippen LogP contribution in [0.5, 0.6) is 5.75 Å². The van der Waals surface area contributed by atoms with Gasteiger partial charge in [0.1, 0.15) is 12.7 Å². The average Bonchev–Trinajstić information content (AvgIpc) is 2.62. The Kier molecular flexibility index (Phi) is 1.70. The number of phenolic OH excluding ortho intramolecular Hbond substituents is 1. The van der Waals surface area contributed by atoms with E-state index in [0.717, 1.165) is 0 Å². The second kappa shape index (κ2) is 2.85. The smallest absolute Gasteiger partial charge is 0.166 e. The SMILES string of the molecule is Oc1ccc(-n2cnnc2)cc1F. The number of phenols is 1. The van der Waals surface area contributed by atoms with Gasteiger partial charge in [0.15, 0.2) is 11.6 Å². The standard InChI is InChI=1S/C8H6FN3O/c9-7-3-6(1-2-8(7)13)12-4-10-11-5-12/h1-5,13H. The lowest BCUT2D eigenvalue weighted by atomic mass is 10.3. The molecule has 0 aliphatic rings. The van der Waals surface area contributed by atoms with E-state index in [1.165, 1.54) is 24.8 Å². The predicted octanol–water partition coefficient (Wildman–Crippen LogP) is 1.11. The van der Waals surface area contributed by atoms with Crippen LogP contribution in [0.15, 0.2) is 30.9 Å². The highest BCUT2D eigenvalue weighted by atomic mass is 19.1. The maximum atomic E-state index is 12.9. The monoisotopic (exact) mass is 179 g/mol. The molecule has 1 N–H and O–H groups in total. The predicted molar refractivity (Wildman–Crippen MR) is 43.0 cm³/mol. The van der Waals surface area contributed by atoms with Gasteiger partial charge in [0.2, 0.25) is 0 Å². The van der Waals surface area contributed by atoms with Gasteiger partial charge in [-0.15, -0.1) is 10.2 Å². The largest absolute Gasteiger partial charge is 0.505 e. The normalized spacial score (nSPS) is 10.2. The number of aromatic hydroxyl groups is 1. The van der Waals surface area contributed by atoms with Crippen LogP contribution in [-0.4, -0.2) is 19.9 Å². The fourth-order valence-corrected chi connectivity index (χ4v) is 0.990. The van der Waals surface area contributed by atoms with Crippen molar-refractivity contribution < 1.29 is 9.50 Å². The van der Waals surface area contributed by atoms with Crippen molar-refractivity contribution in [1.82, 2.24) is 14.8 Å². The van der Waals surface area contributed by atoms with Crippen molar-refractivity contribution >= 4 is 0 Å². The number of rotatable bonds is 1. The van der Waals surface area contributed by atoms with E-state index in [1.807, 2.05) is 0 Å². The third-order valence-corrected chi connectivity index (χ3v) is 1.65. The van der Waals surface area contributed by atoms with Crippen molar-refractivity contribution in [2.45, 2.75) is 0 Å². The molecule has 0 aliphatic carbocycles. The second-order valence-electron chi connectivity index (χ2n) is 2.50. The molecule has 0 amide bonds. The Bertz CT molecular complexity index is 413. The van der Waals surface area contributed by atoms with Crippen LogP contribution in [0.2, 0.25) is 0 Å². The summed E-state index contributed by atoms with van der Waals surface area (Å²) < 4.78 is 14.4. The molecule has 2 rings (SSSR count). The highest BCUT2D eigenvalue weighted by Gasteiger charge is 2.02. The van der Waals surface area contributed by atoms with Crippen molar-refractivity contribution in [3.05, 3.63) is 36.7 Å². The zero-order valence-corrected chi connectivity index (χ0v) is 6.55. The number of benzene rings is 1. The average molecular weight is 179 g/mol. The maximum absolute atomic E-state index is 12.9. The zero-order chi connectivity index (χ0) is 9.26. The van der Waals surface area contributed by atoms with E-state index in [1.54, 1.807) is 10.6 Å². The van der Waals surface area contributed by atoms with Gasteiger partial charge in [0.25, 0.3) is 0 Å². The lowest BCUT2D eigenvalue weighted by Gasteiger charge is -2.01. The quantitative estimate of drug-likeness (QED) is 0.713. The second-order valence-corrected chi connectivity index (χ2v) is 2.50. The van der Waals surface area contributed by atoms with Crippen LogP contribution in [0.4, 0.5) is 4.39 Å². The van der Waals surface area contributed by atoms with Gasteiger partial charge in [0, 0.05) is 6.07 Å². The first-order valence-corrected chi connectivity index (χ1v) is 3.61. The van der Waals surface area contributed by atoms with Crippen molar-refractivity contribution in [3.8, 4) is 11.4 Å². The number of hydrogen-bond acceptors (Lipinski definition) is 3. The Morgan fingerprint density at radius 1 is 1.23 bits per heavy atom. The minimum absolute atomic E-state index is 0.364. The summed E-state index contributed by atoms with van der Waals surface area (Å²) in [4.78, 5) is 0. The first kappa shape index (κ1) is 7.72. The summed E-state index contributed by atoms with van der Waals surface area (Å²) in [5.41, 5.74) is 0.570. The zero-order valence-electron chi connectivity index (χ0n) is 6.55. The molecule has 66 valence electrons. The number of halogens is 1. The summed E-state index contributed by atoms with van der Waals surface area (Å²) in [5, 5.41) is 16.1. The third-order valence-electron chi connectivity index (χ3n) is 1.65. The fourth-order valence-electron chi connectivity index (χ4n) is 0.990. The van der Waals surface area contributed by atoms with Crippen LogP contribution in [-0.2, 0) is 0 Å². The number of nitrogens with zero attached hydrogens (tertiary/aromatic N) is 3. The van der Waals surface area contributed by atoms with Gasteiger partial charge >= 0.3 is 0 Å². The van der Waals surface area contributed by atoms with Gasteiger partial charge in [-0.25, -0.2) is 4.39 Å². The van der Waals surface area contributed by atoms with Gasteiger partial charge in [0.05, 0.1) is 5.69 Å². The Balaban J connectivity index is 2.49. The Hall–Kier alpha value is -1.91. The molecule has 0 bridgehead atoms. The highest BCUT2D eigenvalue weighted by Crippen LogP contribution is 2.18. The Morgan fingerprint density at radius 2 is 1.92 bits per heavy atom. The first-order chi connectivity index (χ1) is 6.27. The van der Waals surface area contributed by atoms with Crippen LogP contribution in [0, 0.1) is 5.82 Å². The van der Waals surface area contributed by atoms with Crippen molar-refractivity contribution in [2.75, 3.05) is 0 Å². The van der Waals surface area contributed by atoms with E-state index >= 15 is 0 Å². The van der Waals surface area contributed by atoms with E-state index in [0.29, 0.717) is 5.69 Å². The number of aromatic nitrogens is 3. The molecular formula is C8H6FN3O. The highest BCUT2D eigenvalue weighted by molar-refractivity contribution is 5.37. The van der Waals surface area contributed by atoms with Gasteiger partial charge in [-0.1, -0.05) is 0 Å². The summed E-state index contributed by atoms with van der Waals surface area (Å²) in [6.07, 6.45) is 2.90. The molecule has 0 aliphatic heterocycles. The van der Waals surface area contributed by atoms with Crippen LogP contribution in [0.1, 0.15) is 0 Å². The molecule has 0 fully saturated rings. The molecule has 1 aromatic carbocycles. The molecule has 0 spiro atoms. The van der Waals surface area contributed by atoms with Crippen LogP contribution >= 0.6 is 0 Å². The van der Waals surface area contributed by atoms with Crippen molar-refractivity contribution in [2.24, 2.45) is 0 Å². The van der Waals surface area contributed by atoms with Gasteiger partial charge < -0.3 is 5.11 Å². The molecule has 1 heterocycles. The maximum Gasteiger partial charge on any atom is 0.166 e. The van der Waals surface area contributed by atoms with Crippen LogP contribution < -0.4 is 0 Å². The van der Waals surface area contributed by atoms with E-state index in [2.05, 4.69) is 10.2 Å². The van der Waals surface area contributed by atoms with Crippen LogP contribution in [0.3, 0.4) is 0 Å².